The quantitative estimate of drug-likeness (QED) is 0.819. The van der Waals surface area contributed by atoms with Crippen LogP contribution >= 0.6 is 0 Å². The molecule has 1 aliphatic heterocycles. The molecule has 0 radical (unpaired) electrons. The highest BCUT2D eigenvalue weighted by atomic mass is 16.5. The number of carbonyl (C=O) groups is 2. The van der Waals surface area contributed by atoms with E-state index in [4.69, 9.17) is 4.74 Å². The standard InChI is InChI=1S/C20H28N2O3/c1-14-7-8-16(20(24)25-2)11-18(14)21-19(23)13-22-10-9-15-5-3-4-6-17(15)12-22/h7-8,11,15,17H,3-6,9-10,12-13H2,1-2H3,(H,21,23)/p+1/t15-,17-/m1/s1. The molecular formula is C20H29N2O3+. The van der Waals surface area contributed by atoms with Crippen molar-refractivity contribution in [3.8, 4) is 0 Å². The Bertz CT molecular complexity index is 644. The molecule has 3 rings (SSSR count). The number of anilines is 1. The van der Waals surface area contributed by atoms with Crippen LogP contribution in [0, 0.1) is 18.8 Å². The Hall–Kier alpha value is -1.88. The second kappa shape index (κ2) is 8.00. The van der Waals surface area contributed by atoms with Gasteiger partial charge in [-0.2, -0.15) is 0 Å². The minimum Gasteiger partial charge on any atom is -0.465 e. The Labute approximate surface area is 149 Å². The third-order valence-electron chi connectivity index (χ3n) is 5.83. The lowest BCUT2D eigenvalue weighted by Crippen LogP contribution is -3.15. The monoisotopic (exact) mass is 345 g/mol. The minimum atomic E-state index is -0.388. The summed E-state index contributed by atoms with van der Waals surface area (Å²) in [6.45, 7) is 4.65. The average Bonchev–Trinajstić information content (AvgIpc) is 2.62. The Balaban J connectivity index is 1.58. The lowest BCUT2D eigenvalue weighted by atomic mass is 9.75. The number of hydrogen-bond donors (Lipinski definition) is 2. The largest absolute Gasteiger partial charge is 0.465 e. The van der Waals surface area contributed by atoms with E-state index in [2.05, 4.69) is 5.32 Å². The zero-order valence-electron chi connectivity index (χ0n) is 15.3. The fraction of sp³-hybridized carbons (Fsp3) is 0.600. The van der Waals surface area contributed by atoms with Gasteiger partial charge in [0.25, 0.3) is 5.91 Å². The molecule has 3 atom stereocenters. The molecule has 1 heterocycles. The van der Waals surface area contributed by atoms with Gasteiger partial charge in [-0.1, -0.05) is 18.9 Å². The summed E-state index contributed by atoms with van der Waals surface area (Å²) in [6, 6.07) is 5.25. The van der Waals surface area contributed by atoms with Crippen LogP contribution in [0.1, 0.15) is 48.0 Å². The maximum Gasteiger partial charge on any atom is 0.337 e. The van der Waals surface area contributed by atoms with Crippen LogP contribution in [0.4, 0.5) is 5.69 Å². The number of methoxy groups -OCH3 is 1. The van der Waals surface area contributed by atoms with Crippen molar-refractivity contribution in [2.24, 2.45) is 11.8 Å². The van der Waals surface area contributed by atoms with E-state index in [0.29, 0.717) is 17.8 Å². The fourth-order valence-corrected chi connectivity index (χ4v) is 4.38. The number of fused-ring (bicyclic) bond motifs is 1. The average molecular weight is 345 g/mol. The van der Waals surface area contributed by atoms with Crippen molar-refractivity contribution in [1.82, 2.24) is 0 Å². The van der Waals surface area contributed by atoms with Gasteiger partial charge in [-0.15, -0.1) is 0 Å². The molecule has 136 valence electrons. The van der Waals surface area contributed by atoms with E-state index >= 15 is 0 Å². The normalized spacial score (nSPS) is 25.8. The molecule has 0 bridgehead atoms. The second-order valence-electron chi connectivity index (χ2n) is 7.54. The van der Waals surface area contributed by atoms with Gasteiger partial charge in [0.05, 0.1) is 25.8 Å². The second-order valence-corrected chi connectivity index (χ2v) is 7.54. The summed E-state index contributed by atoms with van der Waals surface area (Å²) in [7, 11) is 1.36. The number of rotatable bonds is 4. The van der Waals surface area contributed by atoms with Crippen LogP contribution in [0.25, 0.3) is 0 Å². The first-order valence-corrected chi connectivity index (χ1v) is 9.39. The van der Waals surface area contributed by atoms with Gasteiger partial charge in [-0.3, -0.25) is 4.79 Å². The smallest absolute Gasteiger partial charge is 0.337 e. The Morgan fingerprint density at radius 3 is 2.72 bits per heavy atom. The van der Waals surface area contributed by atoms with Gasteiger partial charge < -0.3 is 15.0 Å². The Kier molecular flexibility index (Phi) is 5.74. The van der Waals surface area contributed by atoms with Crippen LogP contribution in [0.3, 0.4) is 0 Å². The lowest BCUT2D eigenvalue weighted by Gasteiger charge is -2.38. The summed E-state index contributed by atoms with van der Waals surface area (Å²) in [5.41, 5.74) is 2.10. The van der Waals surface area contributed by atoms with E-state index in [-0.39, 0.29) is 11.9 Å². The summed E-state index contributed by atoms with van der Waals surface area (Å²) in [5.74, 6) is 1.32. The molecule has 5 heteroatoms. The number of nitrogens with one attached hydrogen (secondary N) is 2. The van der Waals surface area contributed by atoms with Crippen LogP contribution in [0.15, 0.2) is 18.2 Å². The molecule has 2 aliphatic rings. The summed E-state index contributed by atoms with van der Waals surface area (Å²) < 4.78 is 4.75. The topological polar surface area (TPSA) is 59.8 Å². The van der Waals surface area contributed by atoms with Crippen molar-refractivity contribution in [2.45, 2.75) is 39.0 Å². The van der Waals surface area contributed by atoms with Gasteiger partial charge in [0.2, 0.25) is 0 Å². The molecule has 25 heavy (non-hydrogen) atoms. The first-order valence-electron chi connectivity index (χ1n) is 9.39. The van der Waals surface area contributed by atoms with Crippen LogP contribution in [0.5, 0.6) is 0 Å². The molecule has 2 N–H and O–H groups in total. The van der Waals surface area contributed by atoms with Crippen molar-refractivity contribution >= 4 is 17.6 Å². The first kappa shape index (κ1) is 17.9. The SMILES string of the molecule is COC(=O)c1ccc(C)c(NC(=O)C[NH+]2CC[C@H]3CCCC[C@@H]3C2)c1. The van der Waals surface area contributed by atoms with Crippen LogP contribution in [-0.4, -0.2) is 38.6 Å². The van der Waals surface area contributed by atoms with E-state index in [1.807, 2.05) is 13.0 Å². The number of ether oxygens (including phenoxy) is 1. The molecule has 1 aromatic rings. The van der Waals surface area contributed by atoms with E-state index in [1.54, 1.807) is 12.1 Å². The number of piperidine rings is 1. The third-order valence-corrected chi connectivity index (χ3v) is 5.83. The molecule has 1 aliphatic carbocycles. The van der Waals surface area contributed by atoms with Gasteiger partial charge in [0.15, 0.2) is 6.54 Å². The van der Waals surface area contributed by atoms with Crippen LogP contribution < -0.4 is 10.2 Å². The van der Waals surface area contributed by atoms with Gasteiger partial charge in [-0.25, -0.2) is 4.79 Å². The maximum atomic E-state index is 12.5. The molecule has 2 fully saturated rings. The highest BCUT2D eigenvalue weighted by molar-refractivity contribution is 5.95. The predicted octanol–water partition coefficient (Wildman–Crippen LogP) is 1.82. The summed E-state index contributed by atoms with van der Waals surface area (Å²) in [6.07, 6.45) is 6.69. The molecule has 1 unspecified atom stereocenters. The van der Waals surface area contributed by atoms with E-state index in [1.165, 1.54) is 44.1 Å². The fourth-order valence-electron chi connectivity index (χ4n) is 4.38. The summed E-state index contributed by atoms with van der Waals surface area (Å²) in [5, 5.41) is 2.98. The number of aryl methyl sites for hydroxylation is 1. The molecule has 1 amide bonds. The number of carbonyl (C=O) groups excluding carboxylic acids is 2. The van der Waals surface area contributed by atoms with E-state index in [0.717, 1.165) is 30.5 Å². The first-order chi connectivity index (χ1) is 12.1. The number of benzene rings is 1. The van der Waals surface area contributed by atoms with Gasteiger partial charge >= 0.3 is 5.97 Å². The number of amides is 1. The van der Waals surface area contributed by atoms with Crippen LogP contribution in [0.2, 0.25) is 0 Å². The van der Waals surface area contributed by atoms with Crippen molar-refractivity contribution in [3.63, 3.8) is 0 Å². The molecule has 5 nitrogen and oxygen atoms in total. The highest BCUT2D eigenvalue weighted by Crippen LogP contribution is 2.32. The Morgan fingerprint density at radius 1 is 1.20 bits per heavy atom. The van der Waals surface area contributed by atoms with Crippen LogP contribution in [-0.2, 0) is 9.53 Å². The summed E-state index contributed by atoms with van der Waals surface area (Å²) in [4.78, 5) is 25.6. The molecule has 0 aromatic heterocycles. The van der Waals surface area contributed by atoms with Gasteiger partial charge in [0.1, 0.15) is 0 Å². The number of hydrogen-bond acceptors (Lipinski definition) is 3. The molecule has 1 saturated carbocycles. The minimum absolute atomic E-state index is 0.0226. The predicted molar refractivity (Wildman–Crippen MR) is 96.8 cm³/mol. The van der Waals surface area contributed by atoms with E-state index < -0.39 is 0 Å². The highest BCUT2D eigenvalue weighted by Gasteiger charge is 2.34. The number of esters is 1. The summed E-state index contributed by atoms with van der Waals surface area (Å²) >= 11 is 0. The number of quaternary nitrogens is 1. The van der Waals surface area contributed by atoms with Gasteiger partial charge in [-0.05, 0) is 49.8 Å². The zero-order chi connectivity index (χ0) is 17.8. The molecular weight excluding hydrogens is 316 g/mol. The maximum absolute atomic E-state index is 12.5. The molecule has 1 aromatic carbocycles. The van der Waals surface area contributed by atoms with Crippen molar-refractivity contribution < 1.29 is 19.2 Å². The molecule has 0 spiro atoms. The third kappa shape index (κ3) is 4.40. The van der Waals surface area contributed by atoms with E-state index in [9.17, 15) is 9.59 Å². The van der Waals surface area contributed by atoms with Gasteiger partial charge in [0, 0.05) is 11.6 Å². The lowest BCUT2D eigenvalue weighted by molar-refractivity contribution is -0.902. The molecule has 1 saturated heterocycles. The van der Waals surface area contributed by atoms with Crippen molar-refractivity contribution in [1.29, 1.82) is 0 Å². The van der Waals surface area contributed by atoms with Crippen molar-refractivity contribution in [3.05, 3.63) is 29.3 Å². The van der Waals surface area contributed by atoms with Crippen molar-refractivity contribution in [2.75, 3.05) is 32.1 Å². The Morgan fingerprint density at radius 2 is 1.96 bits per heavy atom. The number of likely N-dealkylation sites (tertiary alicyclic amines) is 1. The zero-order valence-corrected chi connectivity index (χ0v) is 15.3.